The van der Waals surface area contributed by atoms with Gasteiger partial charge in [-0.15, -0.1) is 0 Å². The van der Waals surface area contributed by atoms with E-state index in [2.05, 4.69) is 15.9 Å². The summed E-state index contributed by atoms with van der Waals surface area (Å²) >= 11 is 10.4. The summed E-state index contributed by atoms with van der Waals surface area (Å²) in [5, 5.41) is -0.195. The average Bonchev–Trinajstić information content (AvgIpc) is 3.03. The molecule has 1 heterocycles. The normalized spacial score (nSPS) is 16.0. The monoisotopic (exact) mass is 533 g/mol. The van der Waals surface area contributed by atoms with Crippen LogP contribution in [0.1, 0.15) is 16.7 Å². The molecule has 1 saturated heterocycles. The highest BCUT2D eigenvalue weighted by atomic mass is 79.9. The molecule has 0 N–H and O–H groups in total. The van der Waals surface area contributed by atoms with Gasteiger partial charge in [-0.1, -0.05) is 63.6 Å². The van der Waals surface area contributed by atoms with Crippen LogP contribution in [0.25, 0.3) is 0 Å². The topological polar surface area (TPSA) is 46.6 Å². The summed E-state index contributed by atoms with van der Waals surface area (Å²) < 4.78 is 19.9. The Morgan fingerprint density at radius 2 is 1.69 bits per heavy atom. The molecular formula is C24H18BrClFNO3S. The lowest BCUT2D eigenvalue weighted by Gasteiger charge is -2.16. The van der Waals surface area contributed by atoms with Crippen molar-refractivity contribution in [2.45, 2.75) is 24.8 Å². The van der Waals surface area contributed by atoms with Crippen LogP contribution < -0.4 is 4.74 Å². The van der Waals surface area contributed by atoms with Crippen molar-refractivity contribution < 1.29 is 18.7 Å². The van der Waals surface area contributed by atoms with Gasteiger partial charge in [-0.3, -0.25) is 14.5 Å². The molecule has 0 saturated carbocycles. The van der Waals surface area contributed by atoms with Gasteiger partial charge in [-0.05, 0) is 65.6 Å². The Labute approximate surface area is 202 Å². The van der Waals surface area contributed by atoms with Crippen molar-refractivity contribution in [1.29, 1.82) is 0 Å². The van der Waals surface area contributed by atoms with E-state index in [4.69, 9.17) is 16.3 Å². The molecule has 0 radical (unpaired) electrons. The Hall–Kier alpha value is -2.35. The van der Waals surface area contributed by atoms with E-state index in [0.717, 1.165) is 32.9 Å². The van der Waals surface area contributed by atoms with Crippen LogP contribution >= 0.6 is 39.3 Å². The van der Waals surface area contributed by atoms with Gasteiger partial charge in [-0.25, -0.2) is 4.39 Å². The molecule has 4 rings (SSSR count). The van der Waals surface area contributed by atoms with E-state index in [9.17, 15) is 14.0 Å². The third kappa shape index (κ3) is 5.52. The maximum absolute atomic E-state index is 13.1. The van der Waals surface area contributed by atoms with E-state index in [1.54, 1.807) is 36.4 Å². The van der Waals surface area contributed by atoms with E-state index in [1.165, 1.54) is 17.0 Å². The number of benzene rings is 3. The van der Waals surface area contributed by atoms with Gasteiger partial charge >= 0.3 is 0 Å². The lowest BCUT2D eigenvalue weighted by Crippen LogP contribution is -2.31. The van der Waals surface area contributed by atoms with Crippen LogP contribution in [0.5, 0.6) is 5.75 Å². The first-order valence-corrected chi connectivity index (χ1v) is 11.9. The predicted molar refractivity (Wildman–Crippen MR) is 127 cm³/mol. The zero-order valence-corrected chi connectivity index (χ0v) is 19.9. The summed E-state index contributed by atoms with van der Waals surface area (Å²) in [5.74, 6) is 0.0941. The van der Waals surface area contributed by atoms with Gasteiger partial charge in [0.2, 0.25) is 5.91 Å². The highest BCUT2D eigenvalue weighted by Gasteiger charge is 2.39. The van der Waals surface area contributed by atoms with E-state index >= 15 is 0 Å². The fourth-order valence-corrected chi connectivity index (χ4v) is 4.88. The summed E-state index contributed by atoms with van der Waals surface area (Å²) in [7, 11) is 0. The molecule has 1 fully saturated rings. The van der Waals surface area contributed by atoms with Gasteiger partial charge in [-0.2, -0.15) is 0 Å². The molecule has 0 aromatic heterocycles. The van der Waals surface area contributed by atoms with Crippen molar-refractivity contribution in [3.8, 4) is 5.75 Å². The number of ether oxygens (including phenoxy) is 1. The number of hydrogen-bond donors (Lipinski definition) is 0. The van der Waals surface area contributed by atoms with E-state index < -0.39 is 5.25 Å². The number of carbonyl (C=O) groups excluding carboxylic acids is 2. The maximum Gasteiger partial charge on any atom is 0.289 e. The van der Waals surface area contributed by atoms with Crippen LogP contribution in [0.15, 0.2) is 71.2 Å². The summed E-state index contributed by atoms with van der Waals surface area (Å²) in [6, 6.07) is 18.7. The number of rotatable bonds is 7. The fraction of sp³-hybridized carbons (Fsp3) is 0.167. The Morgan fingerprint density at radius 1 is 1.00 bits per heavy atom. The number of amides is 2. The van der Waals surface area contributed by atoms with E-state index in [1.807, 2.05) is 18.2 Å². The van der Waals surface area contributed by atoms with Crippen LogP contribution in [0.4, 0.5) is 9.18 Å². The van der Waals surface area contributed by atoms with Gasteiger partial charge in [0.05, 0.1) is 11.8 Å². The molecule has 3 aromatic carbocycles. The summed E-state index contributed by atoms with van der Waals surface area (Å²) in [5.41, 5.74) is 2.48. The molecular weight excluding hydrogens is 517 g/mol. The fourth-order valence-electron chi connectivity index (χ4n) is 3.33. The van der Waals surface area contributed by atoms with Gasteiger partial charge in [0.1, 0.15) is 18.2 Å². The molecule has 1 aliphatic rings. The average molecular weight is 535 g/mol. The largest absolute Gasteiger partial charge is 0.489 e. The first-order chi connectivity index (χ1) is 15.4. The minimum atomic E-state index is -0.530. The second-order valence-electron chi connectivity index (χ2n) is 7.29. The van der Waals surface area contributed by atoms with Crippen molar-refractivity contribution in [2.75, 3.05) is 0 Å². The Balaban J connectivity index is 1.46. The molecule has 0 spiro atoms. The zero-order chi connectivity index (χ0) is 22.7. The Morgan fingerprint density at radius 3 is 2.41 bits per heavy atom. The van der Waals surface area contributed by atoms with Gasteiger partial charge in [0.15, 0.2) is 0 Å². The number of thioether (sulfide) groups is 1. The summed E-state index contributed by atoms with van der Waals surface area (Å²) in [6.07, 6.45) is 0.352. The first-order valence-electron chi connectivity index (χ1n) is 9.81. The quantitative estimate of drug-likeness (QED) is 0.341. The summed E-state index contributed by atoms with van der Waals surface area (Å²) in [6.45, 7) is 0.479. The van der Waals surface area contributed by atoms with Crippen molar-refractivity contribution in [2.24, 2.45) is 0 Å². The lowest BCUT2D eigenvalue weighted by atomic mass is 10.1. The minimum Gasteiger partial charge on any atom is -0.489 e. The van der Waals surface area contributed by atoms with Gasteiger partial charge in [0.25, 0.3) is 5.24 Å². The summed E-state index contributed by atoms with van der Waals surface area (Å²) in [4.78, 5) is 26.8. The van der Waals surface area contributed by atoms with Crippen molar-refractivity contribution >= 4 is 50.4 Å². The Kier molecular flexibility index (Phi) is 7.18. The van der Waals surface area contributed by atoms with Crippen LogP contribution in [-0.4, -0.2) is 21.3 Å². The first kappa shape index (κ1) is 22.8. The molecule has 8 heteroatoms. The number of halogens is 3. The van der Waals surface area contributed by atoms with Crippen LogP contribution in [0.3, 0.4) is 0 Å². The minimum absolute atomic E-state index is 0.213. The van der Waals surface area contributed by atoms with E-state index in [0.29, 0.717) is 17.2 Å². The molecule has 1 aliphatic heterocycles. The smallest absolute Gasteiger partial charge is 0.289 e. The molecule has 0 bridgehead atoms. The molecule has 32 heavy (non-hydrogen) atoms. The van der Waals surface area contributed by atoms with Crippen LogP contribution in [-0.2, 0) is 24.4 Å². The number of imide groups is 1. The second kappa shape index (κ2) is 10.1. The van der Waals surface area contributed by atoms with Crippen molar-refractivity contribution in [3.63, 3.8) is 0 Å². The van der Waals surface area contributed by atoms with E-state index in [-0.39, 0.29) is 30.1 Å². The highest BCUT2D eigenvalue weighted by Crippen LogP contribution is 2.34. The zero-order valence-electron chi connectivity index (χ0n) is 16.8. The molecule has 3 aromatic rings. The number of hydrogen-bond acceptors (Lipinski definition) is 4. The maximum atomic E-state index is 13.1. The van der Waals surface area contributed by atoms with Crippen molar-refractivity contribution in [1.82, 2.24) is 4.90 Å². The predicted octanol–water partition coefficient (Wildman–Crippen LogP) is 6.63. The van der Waals surface area contributed by atoms with Gasteiger partial charge in [0, 0.05) is 9.50 Å². The SMILES string of the molecule is O=C1S[C@H](Cc2cc(Br)ccc2OCc2ccc(F)cc2)C(=O)N1Cc1ccc(Cl)cc1. The molecule has 2 amide bonds. The third-order valence-electron chi connectivity index (χ3n) is 4.99. The Bertz CT molecular complexity index is 1140. The highest BCUT2D eigenvalue weighted by molar-refractivity contribution is 9.10. The third-order valence-corrected chi connectivity index (χ3v) is 6.81. The standard InChI is InChI=1S/C24H18BrClFNO3S/c25-18-5-10-21(31-14-16-3-8-20(27)9-4-16)17(11-18)12-22-23(29)28(24(30)32-22)13-15-1-6-19(26)7-2-15/h1-11,22H,12-14H2/t22-/m1/s1. The molecule has 0 unspecified atom stereocenters. The lowest BCUT2D eigenvalue weighted by molar-refractivity contribution is -0.127. The van der Waals surface area contributed by atoms with Crippen LogP contribution in [0.2, 0.25) is 5.02 Å². The molecule has 164 valence electrons. The second-order valence-corrected chi connectivity index (χ2v) is 9.80. The number of carbonyl (C=O) groups is 2. The van der Waals surface area contributed by atoms with Crippen molar-refractivity contribution in [3.05, 3.63) is 98.7 Å². The molecule has 0 aliphatic carbocycles. The van der Waals surface area contributed by atoms with Gasteiger partial charge < -0.3 is 4.74 Å². The number of nitrogens with zero attached hydrogens (tertiary/aromatic N) is 1. The molecule has 4 nitrogen and oxygen atoms in total. The molecule has 1 atom stereocenters. The van der Waals surface area contributed by atoms with Crippen LogP contribution in [0, 0.1) is 5.82 Å².